The zero-order chi connectivity index (χ0) is 25.6. The Morgan fingerprint density at radius 1 is 1.09 bits per heavy atom. The van der Waals surface area contributed by atoms with E-state index < -0.39 is 10.0 Å². The first kappa shape index (κ1) is 26.3. The van der Waals surface area contributed by atoms with E-state index in [2.05, 4.69) is 21.3 Å². The van der Waals surface area contributed by atoms with Gasteiger partial charge in [-0.25, -0.2) is 8.42 Å². The highest BCUT2D eigenvalue weighted by atomic mass is 35.5. The standard InChI is InChI=1S/C25H28ClN3O5S/c1-6-7-15-33-23-21(34-19-10-8-9-18(16-19)32-5)22(27-24(26)28-23)29-35(30,31)20-13-11-17(12-14-20)25(2,3)4/h6,8-14,16H,1,7,15H2,2-5H3,(H,27,28,29). The molecule has 35 heavy (non-hydrogen) atoms. The molecule has 0 spiro atoms. The number of anilines is 1. The van der Waals surface area contributed by atoms with Gasteiger partial charge in [-0.1, -0.05) is 45.0 Å². The van der Waals surface area contributed by atoms with E-state index in [0.29, 0.717) is 17.9 Å². The van der Waals surface area contributed by atoms with Gasteiger partial charge in [0, 0.05) is 6.07 Å². The smallest absolute Gasteiger partial charge is 0.264 e. The van der Waals surface area contributed by atoms with E-state index in [1.54, 1.807) is 42.5 Å². The fraction of sp³-hybridized carbons (Fsp3) is 0.280. The molecule has 1 heterocycles. The van der Waals surface area contributed by atoms with Gasteiger partial charge in [-0.15, -0.1) is 6.58 Å². The van der Waals surface area contributed by atoms with Crippen LogP contribution in [0, 0.1) is 0 Å². The Balaban J connectivity index is 2.02. The van der Waals surface area contributed by atoms with Gasteiger partial charge in [0.05, 0.1) is 18.6 Å². The fourth-order valence-electron chi connectivity index (χ4n) is 3.00. The monoisotopic (exact) mass is 517 g/mol. The summed E-state index contributed by atoms with van der Waals surface area (Å²) in [6.45, 7) is 10.0. The largest absolute Gasteiger partial charge is 0.497 e. The maximum absolute atomic E-state index is 13.2. The summed E-state index contributed by atoms with van der Waals surface area (Å²) in [7, 11) is -2.51. The maximum Gasteiger partial charge on any atom is 0.264 e. The molecular formula is C25H28ClN3O5S. The van der Waals surface area contributed by atoms with Gasteiger partial charge in [-0.05, 0) is 53.3 Å². The van der Waals surface area contributed by atoms with Gasteiger partial charge < -0.3 is 14.2 Å². The van der Waals surface area contributed by atoms with E-state index in [1.165, 1.54) is 19.2 Å². The van der Waals surface area contributed by atoms with Crippen LogP contribution in [0.2, 0.25) is 5.28 Å². The molecule has 1 N–H and O–H groups in total. The number of benzene rings is 2. The van der Waals surface area contributed by atoms with Crippen LogP contribution in [-0.4, -0.2) is 32.1 Å². The summed E-state index contributed by atoms with van der Waals surface area (Å²) in [5.74, 6) is 0.685. The number of aromatic nitrogens is 2. The lowest BCUT2D eigenvalue weighted by Crippen LogP contribution is -2.17. The Morgan fingerprint density at radius 2 is 1.77 bits per heavy atom. The molecular weight excluding hydrogens is 490 g/mol. The number of nitrogens with one attached hydrogen (secondary N) is 1. The molecule has 0 fully saturated rings. The molecule has 0 saturated heterocycles. The maximum atomic E-state index is 13.2. The molecule has 0 unspecified atom stereocenters. The first-order valence-electron chi connectivity index (χ1n) is 10.8. The Morgan fingerprint density at radius 3 is 2.40 bits per heavy atom. The Kier molecular flexibility index (Phi) is 8.24. The molecule has 2 aromatic carbocycles. The molecule has 0 aliphatic carbocycles. The minimum Gasteiger partial charge on any atom is -0.497 e. The van der Waals surface area contributed by atoms with Gasteiger partial charge in [-0.3, -0.25) is 4.72 Å². The van der Waals surface area contributed by atoms with E-state index in [1.807, 2.05) is 20.8 Å². The van der Waals surface area contributed by atoms with Gasteiger partial charge in [0.1, 0.15) is 11.5 Å². The minimum atomic E-state index is -4.04. The van der Waals surface area contributed by atoms with Gasteiger partial charge in [-0.2, -0.15) is 9.97 Å². The van der Waals surface area contributed by atoms with Crippen LogP contribution in [0.1, 0.15) is 32.8 Å². The molecule has 0 aliphatic heterocycles. The minimum absolute atomic E-state index is 0.0181. The Labute approximate surface area is 211 Å². The molecule has 8 nitrogen and oxygen atoms in total. The normalized spacial score (nSPS) is 11.6. The summed E-state index contributed by atoms with van der Waals surface area (Å²) in [5.41, 5.74) is 0.882. The number of methoxy groups -OCH3 is 1. The lowest BCUT2D eigenvalue weighted by molar-refractivity contribution is 0.295. The van der Waals surface area contributed by atoms with Crippen LogP contribution in [0.5, 0.6) is 23.1 Å². The van der Waals surface area contributed by atoms with Crippen molar-refractivity contribution < 1.29 is 22.6 Å². The van der Waals surface area contributed by atoms with Crippen molar-refractivity contribution in [2.75, 3.05) is 18.4 Å². The molecule has 0 atom stereocenters. The highest BCUT2D eigenvalue weighted by molar-refractivity contribution is 7.92. The summed E-state index contributed by atoms with van der Waals surface area (Å²) in [4.78, 5) is 8.23. The number of hydrogen-bond donors (Lipinski definition) is 1. The lowest BCUT2D eigenvalue weighted by atomic mass is 9.87. The molecule has 3 aromatic rings. The van der Waals surface area contributed by atoms with Crippen LogP contribution in [0.15, 0.2) is 66.1 Å². The van der Waals surface area contributed by atoms with Crippen molar-refractivity contribution in [1.82, 2.24) is 9.97 Å². The fourth-order valence-corrected chi connectivity index (χ4v) is 4.17. The average molecular weight is 518 g/mol. The molecule has 0 saturated carbocycles. The number of halogens is 1. The number of ether oxygens (including phenoxy) is 3. The summed E-state index contributed by atoms with van der Waals surface area (Å²) in [6.07, 6.45) is 2.21. The van der Waals surface area contributed by atoms with Gasteiger partial charge in [0.25, 0.3) is 15.9 Å². The van der Waals surface area contributed by atoms with Crippen molar-refractivity contribution in [1.29, 1.82) is 0 Å². The van der Waals surface area contributed by atoms with Crippen LogP contribution >= 0.6 is 11.6 Å². The predicted octanol–water partition coefficient (Wildman–Crippen LogP) is 5.98. The topological polar surface area (TPSA) is 99.6 Å². The average Bonchev–Trinajstić information content (AvgIpc) is 2.80. The van der Waals surface area contributed by atoms with Crippen LogP contribution in [-0.2, 0) is 15.4 Å². The first-order chi connectivity index (χ1) is 16.5. The highest BCUT2D eigenvalue weighted by Gasteiger charge is 2.24. The summed E-state index contributed by atoms with van der Waals surface area (Å²) in [6, 6.07) is 13.4. The summed E-state index contributed by atoms with van der Waals surface area (Å²) < 4.78 is 45.8. The molecule has 10 heteroatoms. The summed E-state index contributed by atoms with van der Waals surface area (Å²) in [5, 5.41) is -0.211. The van der Waals surface area contributed by atoms with Crippen LogP contribution in [0.3, 0.4) is 0 Å². The first-order valence-corrected chi connectivity index (χ1v) is 12.7. The van der Waals surface area contributed by atoms with Crippen molar-refractivity contribution in [2.45, 2.75) is 37.5 Å². The highest BCUT2D eigenvalue weighted by Crippen LogP contribution is 2.39. The number of hydrogen-bond acceptors (Lipinski definition) is 7. The Hall–Kier alpha value is -3.30. The zero-order valence-electron chi connectivity index (χ0n) is 20.0. The van der Waals surface area contributed by atoms with Gasteiger partial charge >= 0.3 is 0 Å². The van der Waals surface area contributed by atoms with Crippen molar-refractivity contribution in [3.05, 3.63) is 72.0 Å². The molecule has 0 aliphatic rings. The zero-order valence-corrected chi connectivity index (χ0v) is 21.6. The lowest BCUT2D eigenvalue weighted by Gasteiger charge is -2.19. The van der Waals surface area contributed by atoms with Crippen LogP contribution in [0.25, 0.3) is 0 Å². The molecule has 0 bridgehead atoms. The van der Waals surface area contributed by atoms with Gasteiger partial charge in [0.2, 0.25) is 11.0 Å². The molecule has 186 valence electrons. The third-order valence-corrected chi connectivity index (χ3v) is 6.41. The van der Waals surface area contributed by atoms with E-state index in [0.717, 1.165) is 5.56 Å². The molecule has 0 amide bonds. The molecule has 3 rings (SSSR count). The number of nitrogens with zero attached hydrogens (tertiary/aromatic N) is 2. The van der Waals surface area contributed by atoms with E-state index in [9.17, 15) is 8.42 Å². The number of rotatable bonds is 10. The van der Waals surface area contributed by atoms with Crippen molar-refractivity contribution >= 4 is 27.4 Å². The van der Waals surface area contributed by atoms with Crippen LogP contribution < -0.4 is 18.9 Å². The van der Waals surface area contributed by atoms with E-state index in [-0.39, 0.29) is 39.6 Å². The third kappa shape index (κ3) is 6.86. The predicted molar refractivity (Wildman–Crippen MR) is 136 cm³/mol. The van der Waals surface area contributed by atoms with Crippen molar-refractivity contribution in [3.8, 4) is 23.1 Å². The second-order valence-electron chi connectivity index (χ2n) is 8.56. The summed E-state index contributed by atoms with van der Waals surface area (Å²) >= 11 is 6.10. The van der Waals surface area contributed by atoms with Gasteiger partial charge in [0.15, 0.2) is 5.82 Å². The van der Waals surface area contributed by atoms with Crippen molar-refractivity contribution in [2.24, 2.45) is 0 Å². The molecule has 0 radical (unpaired) electrons. The van der Waals surface area contributed by atoms with Crippen LogP contribution in [0.4, 0.5) is 5.82 Å². The van der Waals surface area contributed by atoms with E-state index >= 15 is 0 Å². The van der Waals surface area contributed by atoms with E-state index in [4.69, 9.17) is 25.8 Å². The third-order valence-electron chi connectivity index (χ3n) is 4.89. The SMILES string of the molecule is C=CCCOc1nc(Cl)nc(NS(=O)(=O)c2ccc(C(C)(C)C)cc2)c1Oc1cccc(OC)c1. The Bertz CT molecular complexity index is 1290. The van der Waals surface area contributed by atoms with Crippen molar-refractivity contribution in [3.63, 3.8) is 0 Å². The quantitative estimate of drug-likeness (QED) is 0.200. The number of sulfonamides is 1. The molecule has 1 aromatic heterocycles. The second-order valence-corrected chi connectivity index (χ2v) is 10.6. The second kappa shape index (κ2) is 11.0.